The molecule has 0 radical (unpaired) electrons. The SMILES string of the molecule is O=C(NCCCCNc1ccccn1)c1csnn1. The molecule has 0 spiro atoms. The Morgan fingerprint density at radius 2 is 2.16 bits per heavy atom. The zero-order chi connectivity index (χ0) is 13.3. The average Bonchev–Trinajstić information content (AvgIpc) is 2.98. The van der Waals surface area contributed by atoms with Gasteiger partial charge >= 0.3 is 0 Å². The second-order valence-corrected chi connectivity index (χ2v) is 4.50. The topological polar surface area (TPSA) is 79.8 Å². The highest BCUT2D eigenvalue weighted by Gasteiger charge is 2.06. The normalized spacial score (nSPS) is 10.1. The second kappa shape index (κ2) is 7.42. The van der Waals surface area contributed by atoms with Crippen LogP contribution < -0.4 is 10.6 Å². The molecule has 2 N–H and O–H groups in total. The fourth-order valence-electron chi connectivity index (χ4n) is 1.49. The smallest absolute Gasteiger partial charge is 0.272 e. The minimum atomic E-state index is -0.161. The van der Waals surface area contributed by atoms with Crippen molar-refractivity contribution in [3.63, 3.8) is 0 Å². The molecule has 0 aliphatic rings. The first kappa shape index (κ1) is 13.4. The molecule has 2 aromatic rings. The van der Waals surface area contributed by atoms with Crippen LogP contribution in [0.4, 0.5) is 5.82 Å². The van der Waals surface area contributed by atoms with Crippen molar-refractivity contribution in [1.29, 1.82) is 0 Å². The van der Waals surface area contributed by atoms with Crippen LogP contribution in [-0.4, -0.2) is 33.6 Å². The molecule has 0 bridgehead atoms. The first-order valence-electron chi connectivity index (χ1n) is 6.06. The Morgan fingerprint density at radius 1 is 1.26 bits per heavy atom. The summed E-state index contributed by atoms with van der Waals surface area (Å²) in [7, 11) is 0. The number of unbranched alkanes of at least 4 members (excludes halogenated alkanes) is 1. The molecule has 0 aromatic carbocycles. The molecule has 0 saturated heterocycles. The number of anilines is 1. The first-order chi connectivity index (χ1) is 9.36. The molecule has 0 fully saturated rings. The predicted octanol–water partition coefficient (Wildman–Crippen LogP) is 1.56. The third-order valence-corrected chi connectivity index (χ3v) is 2.96. The van der Waals surface area contributed by atoms with Crippen LogP contribution in [-0.2, 0) is 0 Å². The molecule has 1 amide bonds. The monoisotopic (exact) mass is 277 g/mol. The standard InChI is InChI=1S/C12H15N5OS/c18-12(10-9-19-17-16-10)15-8-4-3-7-14-11-5-1-2-6-13-11/h1-2,5-6,9H,3-4,7-8H2,(H,13,14)(H,15,18). The molecular weight excluding hydrogens is 262 g/mol. The van der Waals surface area contributed by atoms with Gasteiger partial charge in [0.1, 0.15) is 5.82 Å². The number of carbonyl (C=O) groups is 1. The lowest BCUT2D eigenvalue weighted by molar-refractivity contribution is 0.0948. The van der Waals surface area contributed by atoms with Gasteiger partial charge in [-0.1, -0.05) is 10.6 Å². The van der Waals surface area contributed by atoms with E-state index >= 15 is 0 Å². The maximum atomic E-state index is 11.5. The Balaban J connectivity index is 1.54. The van der Waals surface area contributed by atoms with Gasteiger partial charge in [-0.25, -0.2) is 4.98 Å². The summed E-state index contributed by atoms with van der Waals surface area (Å²) in [6.07, 6.45) is 3.62. The molecule has 0 aliphatic carbocycles. The summed E-state index contributed by atoms with van der Waals surface area (Å²) in [5, 5.41) is 11.4. The Kier molecular flexibility index (Phi) is 5.24. The molecule has 2 heterocycles. The minimum absolute atomic E-state index is 0.161. The van der Waals surface area contributed by atoms with Crippen LogP contribution in [0.5, 0.6) is 0 Å². The Morgan fingerprint density at radius 3 is 2.89 bits per heavy atom. The number of aromatic nitrogens is 3. The molecule has 0 aliphatic heterocycles. The summed E-state index contributed by atoms with van der Waals surface area (Å²) < 4.78 is 3.65. The molecule has 100 valence electrons. The van der Waals surface area contributed by atoms with Gasteiger partial charge < -0.3 is 10.6 Å². The van der Waals surface area contributed by atoms with Gasteiger partial charge in [0.2, 0.25) is 0 Å². The highest BCUT2D eigenvalue weighted by molar-refractivity contribution is 7.03. The number of carbonyl (C=O) groups excluding carboxylic acids is 1. The van der Waals surface area contributed by atoms with Crippen LogP contribution in [0, 0.1) is 0 Å². The van der Waals surface area contributed by atoms with E-state index in [0.717, 1.165) is 25.2 Å². The summed E-state index contributed by atoms with van der Waals surface area (Å²) in [4.78, 5) is 15.7. The molecule has 0 atom stereocenters. The number of pyridine rings is 1. The van der Waals surface area contributed by atoms with Crippen LogP contribution in [0.25, 0.3) is 0 Å². The minimum Gasteiger partial charge on any atom is -0.370 e. The summed E-state index contributed by atoms with van der Waals surface area (Å²) >= 11 is 1.17. The molecule has 2 aromatic heterocycles. The van der Waals surface area contributed by atoms with Gasteiger partial charge in [-0.2, -0.15) is 0 Å². The lowest BCUT2D eigenvalue weighted by Crippen LogP contribution is -2.25. The number of amides is 1. The van der Waals surface area contributed by atoms with E-state index in [4.69, 9.17) is 0 Å². The van der Waals surface area contributed by atoms with E-state index in [9.17, 15) is 4.79 Å². The van der Waals surface area contributed by atoms with Crippen LogP contribution in [0.2, 0.25) is 0 Å². The van der Waals surface area contributed by atoms with Crippen molar-refractivity contribution in [2.75, 3.05) is 18.4 Å². The highest BCUT2D eigenvalue weighted by atomic mass is 32.1. The van der Waals surface area contributed by atoms with E-state index in [1.165, 1.54) is 11.5 Å². The summed E-state index contributed by atoms with van der Waals surface area (Å²) in [5.41, 5.74) is 0.386. The molecule has 2 rings (SSSR count). The van der Waals surface area contributed by atoms with E-state index in [2.05, 4.69) is 25.2 Å². The van der Waals surface area contributed by atoms with E-state index < -0.39 is 0 Å². The van der Waals surface area contributed by atoms with E-state index in [1.54, 1.807) is 11.6 Å². The lowest BCUT2D eigenvalue weighted by atomic mass is 10.3. The van der Waals surface area contributed by atoms with Gasteiger partial charge in [0.05, 0.1) is 0 Å². The van der Waals surface area contributed by atoms with Crippen molar-refractivity contribution in [3.8, 4) is 0 Å². The van der Waals surface area contributed by atoms with Gasteiger partial charge in [-0.15, -0.1) is 5.10 Å². The van der Waals surface area contributed by atoms with Crippen LogP contribution >= 0.6 is 11.5 Å². The fraction of sp³-hybridized carbons (Fsp3) is 0.333. The zero-order valence-corrected chi connectivity index (χ0v) is 11.2. The van der Waals surface area contributed by atoms with Crippen molar-refractivity contribution < 1.29 is 4.79 Å². The number of hydrogen-bond donors (Lipinski definition) is 2. The molecular formula is C12H15N5OS. The van der Waals surface area contributed by atoms with E-state index in [1.807, 2.05) is 18.2 Å². The summed E-state index contributed by atoms with van der Waals surface area (Å²) in [6.45, 7) is 1.48. The van der Waals surface area contributed by atoms with Gasteiger partial charge in [0, 0.05) is 24.7 Å². The summed E-state index contributed by atoms with van der Waals surface area (Å²) in [5.74, 6) is 0.714. The third-order valence-electron chi connectivity index (χ3n) is 2.45. The maximum absolute atomic E-state index is 11.5. The fourth-order valence-corrected chi connectivity index (χ4v) is 1.93. The van der Waals surface area contributed by atoms with Crippen molar-refractivity contribution in [2.24, 2.45) is 0 Å². The van der Waals surface area contributed by atoms with Crippen LogP contribution in [0.1, 0.15) is 23.3 Å². The number of rotatable bonds is 7. The third kappa shape index (κ3) is 4.63. The van der Waals surface area contributed by atoms with Crippen molar-refractivity contribution in [2.45, 2.75) is 12.8 Å². The van der Waals surface area contributed by atoms with Crippen molar-refractivity contribution >= 4 is 23.3 Å². The maximum Gasteiger partial charge on any atom is 0.272 e. The van der Waals surface area contributed by atoms with E-state index in [0.29, 0.717) is 12.2 Å². The summed E-state index contributed by atoms with van der Waals surface area (Å²) in [6, 6.07) is 5.75. The number of hydrogen-bond acceptors (Lipinski definition) is 6. The van der Waals surface area contributed by atoms with Crippen LogP contribution in [0.3, 0.4) is 0 Å². The molecule has 0 unspecified atom stereocenters. The number of nitrogens with zero attached hydrogens (tertiary/aromatic N) is 3. The molecule has 6 nitrogen and oxygen atoms in total. The predicted molar refractivity (Wildman–Crippen MR) is 74.2 cm³/mol. The Labute approximate surface area is 115 Å². The quantitative estimate of drug-likeness (QED) is 0.751. The highest BCUT2D eigenvalue weighted by Crippen LogP contribution is 2.00. The average molecular weight is 277 g/mol. The van der Waals surface area contributed by atoms with E-state index in [-0.39, 0.29) is 5.91 Å². The Hall–Kier alpha value is -2.02. The first-order valence-corrected chi connectivity index (χ1v) is 6.90. The van der Waals surface area contributed by atoms with Crippen molar-refractivity contribution in [1.82, 2.24) is 19.9 Å². The zero-order valence-electron chi connectivity index (χ0n) is 10.4. The molecule has 19 heavy (non-hydrogen) atoms. The largest absolute Gasteiger partial charge is 0.370 e. The van der Waals surface area contributed by atoms with Gasteiger partial charge in [0.15, 0.2) is 5.69 Å². The Bertz CT molecular complexity index is 488. The van der Waals surface area contributed by atoms with Gasteiger partial charge in [-0.3, -0.25) is 4.79 Å². The van der Waals surface area contributed by atoms with Crippen LogP contribution in [0.15, 0.2) is 29.8 Å². The number of nitrogens with one attached hydrogen (secondary N) is 2. The second-order valence-electron chi connectivity index (χ2n) is 3.89. The van der Waals surface area contributed by atoms with Gasteiger partial charge in [-0.05, 0) is 36.5 Å². The molecule has 7 heteroatoms. The lowest BCUT2D eigenvalue weighted by Gasteiger charge is -2.05. The van der Waals surface area contributed by atoms with Crippen molar-refractivity contribution in [3.05, 3.63) is 35.5 Å². The van der Waals surface area contributed by atoms with Gasteiger partial charge in [0.25, 0.3) is 5.91 Å². The molecule has 0 saturated carbocycles.